The quantitative estimate of drug-likeness (QED) is 0.892. The van der Waals surface area contributed by atoms with Crippen molar-refractivity contribution in [1.82, 2.24) is 5.32 Å². The fourth-order valence-corrected chi connectivity index (χ4v) is 2.76. The Morgan fingerprint density at radius 3 is 2.35 bits per heavy atom. The number of aliphatic hydroxyl groups is 1. The van der Waals surface area contributed by atoms with Crippen molar-refractivity contribution in [1.29, 1.82) is 0 Å². The van der Waals surface area contributed by atoms with E-state index < -0.39 is 23.1 Å². The molecule has 20 heavy (non-hydrogen) atoms. The first-order valence-electron chi connectivity index (χ1n) is 6.91. The summed E-state index contributed by atoms with van der Waals surface area (Å²) in [4.78, 5) is 11.9. The number of rotatable bonds is 4. The summed E-state index contributed by atoms with van der Waals surface area (Å²) in [6, 6.07) is 3.33. The van der Waals surface area contributed by atoms with Gasteiger partial charge in [0.15, 0.2) is 0 Å². The van der Waals surface area contributed by atoms with Gasteiger partial charge in [0.1, 0.15) is 17.2 Å². The molecule has 0 radical (unpaired) electrons. The van der Waals surface area contributed by atoms with Crippen molar-refractivity contribution in [2.24, 2.45) is 5.41 Å². The Morgan fingerprint density at radius 1 is 1.20 bits per heavy atom. The van der Waals surface area contributed by atoms with E-state index in [1.165, 1.54) is 6.07 Å². The molecule has 1 aliphatic carbocycles. The number of carbonyl (C=O) groups is 1. The summed E-state index contributed by atoms with van der Waals surface area (Å²) < 4.78 is 27.0. The van der Waals surface area contributed by atoms with Crippen molar-refractivity contribution >= 4 is 5.91 Å². The molecule has 0 bridgehead atoms. The minimum absolute atomic E-state index is 0.0208. The van der Waals surface area contributed by atoms with E-state index in [2.05, 4.69) is 5.32 Å². The summed E-state index contributed by atoms with van der Waals surface area (Å²) in [6.45, 7) is 0.225. The lowest BCUT2D eigenvalue weighted by Gasteiger charge is -2.35. The zero-order valence-corrected chi connectivity index (χ0v) is 11.3. The van der Waals surface area contributed by atoms with E-state index in [4.69, 9.17) is 0 Å². The molecule has 0 heterocycles. The van der Waals surface area contributed by atoms with Gasteiger partial charge in [-0.25, -0.2) is 8.78 Å². The van der Waals surface area contributed by atoms with Gasteiger partial charge in [-0.2, -0.15) is 0 Å². The van der Waals surface area contributed by atoms with Gasteiger partial charge >= 0.3 is 0 Å². The predicted octanol–water partition coefficient (Wildman–Crippen LogP) is 2.64. The number of aliphatic hydroxyl groups excluding tert-OH is 1. The van der Waals surface area contributed by atoms with Crippen molar-refractivity contribution in [2.45, 2.75) is 32.1 Å². The molecular weight excluding hydrogens is 264 g/mol. The summed E-state index contributed by atoms with van der Waals surface area (Å²) in [6.07, 6.45) is 4.78. The van der Waals surface area contributed by atoms with E-state index in [-0.39, 0.29) is 18.6 Å². The van der Waals surface area contributed by atoms with Crippen molar-refractivity contribution in [3.63, 3.8) is 0 Å². The third kappa shape index (κ3) is 3.15. The van der Waals surface area contributed by atoms with Crippen molar-refractivity contribution < 1.29 is 18.7 Å². The summed E-state index contributed by atoms with van der Waals surface area (Å²) >= 11 is 0. The number of hydrogen-bond donors (Lipinski definition) is 2. The van der Waals surface area contributed by atoms with Gasteiger partial charge in [0.2, 0.25) is 0 Å². The van der Waals surface area contributed by atoms with Crippen LogP contribution in [0.1, 0.15) is 42.5 Å². The zero-order valence-electron chi connectivity index (χ0n) is 11.3. The summed E-state index contributed by atoms with van der Waals surface area (Å²) in [5.41, 5.74) is -0.910. The van der Waals surface area contributed by atoms with E-state index >= 15 is 0 Å². The van der Waals surface area contributed by atoms with Crippen LogP contribution in [0.4, 0.5) is 8.78 Å². The van der Waals surface area contributed by atoms with Crippen LogP contribution in [0, 0.1) is 17.0 Å². The third-order valence-electron chi connectivity index (χ3n) is 4.06. The highest BCUT2D eigenvalue weighted by atomic mass is 19.1. The lowest BCUT2D eigenvalue weighted by atomic mass is 9.74. The first-order chi connectivity index (χ1) is 9.58. The van der Waals surface area contributed by atoms with Crippen LogP contribution in [0.15, 0.2) is 18.2 Å². The molecule has 0 unspecified atom stereocenters. The van der Waals surface area contributed by atoms with Crippen molar-refractivity contribution in [3.8, 4) is 0 Å². The lowest BCUT2D eigenvalue weighted by Crippen LogP contribution is -2.41. The normalized spacial score (nSPS) is 17.8. The molecule has 2 rings (SSSR count). The maximum atomic E-state index is 13.5. The Kier molecular flexibility index (Phi) is 4.70. The van der Waals surface area contributed by atoms with Crippen LogP contribution in [0.2, 0.25) is 0 Å². The standard InChI is InChI=1S/C15H19F2NO2/c16-11-5-4-6-12(17)13(11)14(20)18-9-15(10-19)7-2-1-3-8-15/h4-6,19H,1-3,7-10H2,(H,18,20). The van der Waals surface area contributed by atoms with Crippen LogP contribution in [-0.2, 0) is 0 Å². The average molecular weight is 283 g/mol. The Labute approximate surface area is 117 Å². The first kappa shape index (κ1) is 14.9. The highest BCUT2D eigenvalue weighted by Gasteiger charge is 2.32. The largest absolute Gasteiger partial charge is 0.396 e. The van der Waals surface area contributed by atoms with Gasteiger partial charge in [0, 0.05) is 12.0 Å². The molecule has 0 aromatic heterocycles. The highest BCUT2D eigenvalue weighted by Crippen LogP contribution is 2.35. The van der Waals surface area contributed by atoms with Gasteiger partial charge in [-0.1, -0.05) is 25.3 Å². The van der Waals surface area contributed by atoms with Crippen LogP contribution < -0.4 is 5.32 Å². The second-order valence-corrected chi connectivity index (χ2v) is 5.50. The highest BCUT2D eigenvalue weighted by molar-refractivity contribution is 5.94. The molecule has 5 heteroatoms. The SMILES string of the molecule is O=C(NCC1(CO)CCCCC1)c1c(F)cccc1F. The fourth-order valence-electron chi connectivity index (χ4n) is 2.76. The first-order valence-corrected chi connectivity index (χ1v) is 6.91. The molecule has 1 aromatic carbocycles. The minimum Gasteiger partial charge on any atom is -0.396 e. The Hall–Kier alpha value is -1.49. The summed E-state index contributed by atoms with van der Waals surface area (Å²) in [7, 11) is 0. The molecule has 1 aliphatic rings. The third-order valence-corrected chi connectivity index (χ3v) is 4.06. The van der Waals surface area contributed by atoms with Crippen molar-refractivity contribution in [3.05, 3.63) is 35.4 Å². The smallest absolute Gasteiger partial charge is 0.257 e. The number of hydrogen-bond acceptors (Lipinski definition) is 2. The molecule has 2 N–H and O–H groups in total. The molecule has 1 fully saturated rings. The Morgan fingerprint density at radius 2 is 1.80 bits per heavy atom. The predicted molar refractivity (Wildman–Crippen MR) is 71.3 cm³/mol. The van der Waals surface area contributed by atoms with E-state index in [0.717, 1.165) is 44.2 Å². The Balaban J connectivity index is 2.04. The molecule has 1 saturated carbocycles. The monoisotopic (exact) mass is 283 g/mol. The molecule has 110 valence electrons. The van der Waals surface area contributed by atoms with Crippen molar-refractivity contribution in [2.75, 3.05) is 13.2 Å². The number of nitrogens with one attached hydrogen (secondary N) is 1. The van der Waals surface area contributed by atoms with E-state index in [1.54, 1.807) is 0 Å². The van der Waals surface area contributed by atoms with Crippen LogP contribution in [-0.4, -0.2) is 24.2 Å². The average Bonchev–Trinajstić information content (AvgIpc) is 2.46. The Bertz CT molecular complexity index is 465. The topological polar surface area (TPSA) is 49.3 Å². The maximum Gasteiger partial charge on any atom is 0.257 e. The minimum atomic E-state index is -0.871. The van der Waals surface area contributed by atoms with Crippen LogP contribution >= 0.6 is 0 Å². The molecule has 3 nitrogen and oxygen atoms in total. The van der Waals surface area contributed by atoms with Gasteiger partial charge < -0.3 is 10.4 Å². The second kappa shape index (κ2) is 6.31. The maximum absolute atomic E-state index is 13.5. The van der Waals surface area contributed by atoms with Crippen LogP contribution in [0.5, 0.6) is 0 Å². The van der Waals surface area contributed by atoms with E-state index in [0.29, 0.717) is 0 Å². The molecular formula is C15H19F2NO2. The summed E-state index contributed by atoms with van der Waals surface area (Å²) in [5.74, 6) is -2.51. The number of carbonyl (C=O) groups excluding carboxylic acids is 1. The van der Waals surface area contributed by atoms with Gasteiger partial charge in [0.05, 0.1) is 6.61 Å². The molecule has 0 spiro atoms. The second-order valence-electron chi connectivity index (χ2n) is 5.50. The van der Waals surface area contributed by atoms with E-state index in [9.17, 15) is 18.7 Å². The van der Waals surface area contributed by atoms with Gasteiger partial charge in [-0.15, -0.1) is 0 Å². The van der Waals surface area contributed by atoms with Crippen LogP contribution in [0.3, 0.4) is 0 Å². The summed E-state index contributed by atoms with van der Waals surface area (Å²) in [5, 5.41) is 12.1. The van der Waals surface area contributed by atoms with Crippen LogP contribution in [0.25, 0.3) is 0 Å². The lowest BCUT2D eigenvalue weighted by molar-refractivity contribution is 0.0714. The number of amides is 1. The van der Waals surface area contributed by atoms with E-state index in [1.807, 2.05) is 0 Å². The fraction of sp³-hybridized carbons (Fsp3) is 0.533. The molecule has 0 saturated heterocycles. The number of halogens is 2. The molecule has 1 aromatic rings. The molecule has 0 aliphatic heterocycles. The van der Waals surface area contributed by atoms with Gasteiger partial charge in [0.25, 0.3) is 5.91 Å². The zero-order chi connectivity index (χ0) is 14.6. The number of benzene rings is 1. The van der Waals surface area contributed by atoms with Gasteiger partial charge in [-0.3, -0.25) is 4.79 Å². The molecule has 0 atom stereocenters. The van der Waals surface area contributed by atoms with Gasteiger partial charge in [-0.05, 0) is 25.0 Å². The molecule has 1 amide bonds.